The predicted octanol–water partition coefficient (Wildman–Crippen LogP) is 3.97. The first-order chi connectivity index (χ1) is 10.4. The van der Waals surface area contributed by atoms with Crippen LogP contribution in [-0.2, 0) is 6.42 Å². The standard InChI is InChI=1S/C17H16N2OS/c1-20-13-6-8-14(9-7-13)21-11-10-17-15-4-2-3-5-16(15)18-12-19-17/h2-9,12H,10-11H2,1H3. The monoisotopic (exact) mass is 296 g/mol. The van der Waals surface area contributed by atoms with E-state index >= 15 is 0 Å². The fourth-order valence-electron chi connectivity index (χ4n) is 2.20. The van der Waals surface area contributed by atoms with Gasteiger partial charge in [0.05, 0.1) is 18.3 Å². The highest BCUT2D eigenvalue weighted by atomic mass is 32.2. The number of nitrogens with zero attached hydrogens (tertiary/aromatic N) is 2. The van der Waals surface area contributed by atoms with Crippen molar-refractivity contribution in [2.45, 2.75) is 11.3 Å². The van der Waals surface area contributed by atoms with Crippen LogP contribution in [0.2, 0.25) is 0 Å². The maximum Gasteiger partial charge on any atom is 0.118 e. The van der Waals surface area contributed by atoms with E-state index in [1.54, 1.807) is 13.4 Å². The number of aryl methyl sites for hydroxylation is 1. The van der Waals surface area contributed by atoms with E-state index in [-0.39, 0.29) is 0 Å². The molecule has 2 aromatic carbocycles. The Labute approximate surface area is 128 Å². The van der Waals surface area contributed by atoms with Crippen molar-refractivity contribution in [2.75, 3.05) is 12.9 Å². The average Bonchev–Trinajstić information content (AvgIpc) is 2.56. The van der Waals surface area contributed by atoms with Crippen molar-refractivity contribution in [2.24, 2.45) is 0 Å². The molecule has 0 aliphatic rings. The Bertz CT molecular complexity index is 723. The van der Waals surface area contributed by atoms with Gasteiger partial charge < -0.3 is 4.74 Å². The number of benzene rings is 2. The van der Waals surface area contributed by atoms with Gasteiger partial charge in [0.2, 0.25) is 0 Å². The highest BCUT2D eigenvalue weighted by Gasteiger charge is 2.03. The Morgan fingerprint density at radius 3 is 2.62 bits per heavy atom. The van der Waals surface area contributed by atoms with Crippen LogP contribution in [0.5, 0.6) is 5.75 Å². The lowest BCUT2D eigenvalue weighted by atomic mass is 10.1. The fraction of sp³-hybridized carbons (Fsp3) is 0.176. The van der Waals surface area contributed by atoms with Crippen molar-refractivity contribution in [3.8, 4) is 5.75 Å². The molecule has 0 spiro atoms. The zero-order valence-electron chi connectivity index (χ0n) is 11.8. The maximum absolute atomic E-state index is 5.16. The first-order valence-corrected chi connectivity index (χ1v) is 7.81. The van der Waals surface area contributed by atoms with Gasteiger partial charge in [-0.1, -0.05) is 18.2 Å². The summed E-state index contributed by atoms with van der Waals surface area (Å²) in [4.78, 5) is 9.96. The Kier molecular flexibility index (Phi) is 4.36. The largest absolute Gasteiger partial charge is 0.497 e. The van der Waals surface area contributed by atoms with Crippen LogP contribution >= 0.6 is 11.8 Å². The van der Waals surface area contributed by atoms with Gasteiger partial charge in [0.25, 0.3) is 0 Å². The van der Waals surface area contributed by atoms with Gasteiger partial charge in [0, 0.05) is 16.0 Å². The summed E-state index contributed by atoms with van der Waals surface area (Å²) in [6.07, 6.45) is 2.58. The van der Waals surface area contributed by atoms with E-state index in [1.165, 1.54) is 4.90 Å². The van der Waals surface area contributed by atoms with Crippen molar-refractivity contribution in [3.05, 3.63) is 60.6 Å². The summed E-state index contributed by atoms with van der Waals surface area (Å²) in [5.41, 5.74) is 2.12. The third-order valence-corrected chi connectivity index (χ3v) is 4.31. The van der Waals surface area contributed by atoms with Crippen molar-refractivity contribution < 1.29 is 4.74 Å². The van der Waals surface area contributed by atoms with Gasteiger partial charge in [-0.25, -0.2) is 9.97 Å². The zero-order chi connectivity index (χ0) is 14.5. The number of hydrogen-bond donors (Lipinski definition) is 0. The van der Waals surface area contributed by atoms with Gasteiger partial charge in [-0.05, 0) is 36.8 Å². The molecule has 0 atom stereocenters. The highest BCUT2D eigenvalue weighted by Crippen LogP contribution is 2.23. The Hall–Kier alpha value is -2.07. The summed E-state index contributed by atoms with van der Waals surface area (Å²) in [6.45, 7) is 0. The van der Waals surface area contributed by atoms with Crippen molar-refractivity contribution in [1.29, 1.82) is 0 Å². The number of thioether (sulfide) groups is 1. The SMILES string of the molecule is COc1ccc(SCCc2ncnc3ccccc23)cc1. The molecule has 0 radical (unpaired) electrons. The molecule has 0 unspecified atom stereocenters. The van der Waals surface area contributed by atoms with Crippen LogP contribution in [0.1, 0.15) is 5.69 Å². The number of rotatable bonds is 5. The van der Waals surface area contributed by atoms with E-state index < -0.39 is 0 Å². The van der Waals surface area contributed by atoms with Gasteiger partial charge in [-0.3, -0.25) is 0 Å². The van der Waals surface area contributed by atoms with Crippen LogP contribution in [0, 0.1) is 0 Å². The third kappa shape index (κ3) is 3.34. The van der Waals surface area contributed by atoms with Crippen molar-refractivity contribution in [3.63, 3.8) is 0 Å². The number of aromatic nitrogens is 2. The first-order valence-electron chi connectivity index (χ1n) is 6.82. The Morgan fingerprint density at radius 1 is 1.00 bits per heavy atom. The minimum atomic E-state index is 0.890. The molecular weight excluding hydrogens is 280 g/mol. The molecule has 21 heavy (non-hydrogen) atoms. The lowest BCUT2D eigenvalue weighted by Crippen LogP contribution is -1.95. The molecule has 0 fully saturated rings. The normalized spacial score (nSPS) is 10.7. The van der Waals surface area contributed by atoms with E-state index in [1.807, 2.05) is 42.1 Å². The molecule has 0 aliphatic heterocycles. The summed E-state index contributed by atoms with van der Waals surface area (Å²) in [5, 5.41) is 1.15. The number of methoxy groups -OCH3 is 1. The molecule has 3 nitrogen and oxygen atoms in total. The molecule has 0 N–H and O–H groups in total. The summed E-state index contributed by atoms with van der Waals surface area (Å²) in [5.74, 6) is 1.88. The highest BCUT2D eigenvalue weighted by molar-refractivity contribution is 7.99. The topological polar surface area (TPSA) is 35.0 Å². The molecule has 0 amide bonds. The maximum atomic E-state index is 5.16. The van der Waals surface area contributed by atoms with Crippen LogP contribution in [0.15, 0.2) is 59.8 Å². The van der Waals surface area contributed by atoms with Crippen LogP contribution in [0.25, 0.3) is 10.9 Å². The minimum absolute atomic E-state index is 0.890. The number of para-hydroxylation sites is 1. The smallest absolute Gasteiger partial charge is 0.118 e. The quantitative estimate of drug-likeness (QED) is 0.667. The molecule has 1 heterocycles. The van der Waals surface area contributed by atoms with Gasteiger partial charge >= 0.3 is 0 Å². The van der Waals surface area contributed by atoms with Crippen LogP contribution in [0.4, 0.5) is 0 Å². The molecule has 3 rings (SSSR count). The second-order valence-corrected chi connectivity index (χ2v) is 5.78. The van der Waals surface area contributed by atoms with Gasteiger partial charge in [0.15, 0.2) is 0 Å². The van der Waals surface area contributed by atoms with E-state index in [4.69, 9.17) is 4.74 Å². The summed E-state index contributed by atoms with van der Waals surface area (Å²) < 4.78 is 5.16. The molecule has 0 saturated carbocycles. The fourth-order valence-corrected chi connectivity index (χ4v) is 3.06. The molecule has 0 bridgehead atoms. The second kappa shape index (κ2) is 6.59. The Morgan fingerprint density at radius 2 is 1.81 bits per heavy atom. The summed E-state index contributed by atoms with van der Waals surface area (Å²) >= 11 is 1.83. The van der Waals surface area contributed by atoms with Crippen LogP contribution < -0.4 is 4.74 Å². The second-order valence-electron chi connectivity index (χ2n) is 4.61. The van der Waals surface area contributed by atoms with E-state index in [2.05, 4.69) is 28.2 Å². The van der Waals surface area contributed by atoms with Crippen LogP contribution in [-0.4, -0.2) is 22.8 Å². The third-order valence-electron chi connectivity index (χ3n) is 3.29. The molecular formula is C17H16N2OS. The van der Waals surface area contributed by atoms with Gasteiger partial charge in [0.1, 0.15) is 12.1 Å². The number of fused-ring (bicyclic) bond motifs is 1. The summed E-state index contributed by atoms with van der Waals surface area (Å²) in [7, 11) is 1.68. The summed E-state index contributed by atoms with van der Waals surface area (Å²) in [6, 6.07) is 16.3. The number of hydrogen-bond acceptors (Lipinski definition) is 4. The van der Waals surface area contributed by atoms with Gasteiger partial charge in [-0.2, -0.15) is 0 Å². The lowest BCUT2D eigenvalue weighted by molar-refractivity contribution is 0.414. The minimum Gasteiger partial charge on any atom is -0.497 e. The zero-order valence-corrected chi connectivity index (χ0v) is 12.6. The average molecular weight is 296 g/mol. The predicted molar refractivity (Wildman–Crippen MR) is 87.0 cm³/mol. The van der Waals surface area contributed by atoms with Crippen molar-refractivity contribution in [1.82, 2.24) is 9.97 Å². The van der Waals surface area contributed by atoms with E-state index in [9.17, 15) is 0 Å². The van der Waals surface area contributed by atoms with E-state index in [0.717, 1.165) is 34.5 Å². The molecule has 1 aromatic heterocycles. The first kappa shape index (κ1) is 13.9. The van der Waals surface area contributed by atoms with Crippen molar-refractivity contribution >= 4 is 22.7 Å². The molecule has 0 saturated heterocycles. The molecule has 3 aromatic rings. The molecule has 0 aliphatic carbocycles. The number of ether oxygens (including phenoxy) is 1. The molecule has 4 heteroatoms. The van der Waals surface area contributed by atoms with Crippen LogP contribution in [0.3, 0.4) is 0 Å². The van der Waals surface area contributed by atoms with E-state index in [0.29, 0.717) is 0 Å². The lowest BCUT2D eigenvalue weighted by Gasteiger charge is -2.05. The van der Waals surface area contributed by atoms with Gasteiger partial charge in [-0.15, -0.1) is 11.8 Å². The molecule has 106 valence electrons. The Balaban J connectivity index is 1.66.